The van der Waals surface area contributed by atoms with Crippen LogP contribution in [0.25, 0.3) is 0 Å². The minimum Gasteiger partial charge on any atom is -0.351 e. The Morgan fingerprint density at radius 2 is 1.91 bits per heavy atom. The summed E-state index contributed by atoms with van der Waals surface area (Å²) < 4.78 is 25.4. The van der Waals surface area contributed by atoms with Crippen LogP contribution in [0, 0.1) is 0 Å². The first-order chi connectivity index (χ1) is 10.8. The fourth-order valence-corrected chi connectivity index (χ4v) is 4.50. The normalized spacial score (nSPS) is 11.7. The van der Waals surface area contributed by atoms with Crippen LogP contribution >= 0.6 is 22.9 Å². The fourth-order valence-electron chi connectivity index (χ4n) is 1.83. The van der Waals surface area contributed by atoms with Crippen LogP contribution < -0.4 is 5.32 Å². The van der Waals surface area contributed by atoms with Gasteiger partial charge in [-0.1, -0.05) is 29.8 Å². The molecule has 2 rings (SSSR count). The molecule has 1 N–H and O–H groups in total. The molecule has 5 nitrogen and oxygen atoms in total. The van der Waals surface area contributed by atoms with Crippen molar-refractivity contribution in [1.29, 1.82) is 0 Å². The number of hydrogen-bond donors (Lipinski definition) is 1. The van der Waals surface area contributed by atoms with Crippen LogP contribution in [0.1, 0.15) is 10.4 Å². The maximum absolute atomic E-state index is 12.0. The molecule has 0 bridgehead atoms. The summed E-state index contributed by atoms with van der Waals surface area (Å²) in [5.41, 5.74) is 0.758. The summed E-state index contributed by atoms with van der Waals surface area (Å²) in [6.45, 7) is 0.289. The Balaban J connectivity index is 1.96. The molecule has 23 heavy (non-hydrogen) atoms. The molecule has 0 saturated heterocycles. The molecule has 0 aliphatic rings. The van der Waals surface area contributed by atoms with Crippen LogP contribution in [0.5, 0.6) is 0 Å². The van der Waals surface area contributed by atoms with Gasteiger partial charge in [0, 0.05) is 24.0 Å². The number of benzene rings is 1. The highest BCUT2D eigenvalue weighted by Gasteiger charge is 2.19. The van der Waals surface area contributed by atoms with Gasteiger partial charge in [0.25, 0.3) is 10.0 Å². The topological polar surface area (TPSA) is 66.5 Å². The predicted octanol–water partition coefficient (Wildman–Crippen LogP) is 2.51. The van der Waals surface area contributed by atoms with Crippen LogP contribution in [0.15, 0.2) is 40.6 Å². The Kier molecular flexibility index (Phi) is 5.80. The average molecular weight is 373 g/mol. The van der Waals surface area contributed by atoms with E-state index in [9.17, 15) is 13.2 Å². The Morgan fingerprint density at radius 1 is 1.22 bits per heavy atom. The first-order valence-corrected chi connectivity index (χ1v) is 9.45. The number of nitrogens with zero attached hydrogens (tertiary/aromatic N) is 1. The molecule has 0 aliphatic heterocycles. The molecular weight excluding hydrogens is 356 g/mol. The highest BCUT2D eigenvalue weighted by Crippen LogP contribution is 2.23. The smallest absolute Gasteiger partial charge is 0.252 e. The summed E-state index contributed by atoms with van der Waals surface area (Å²) >= 11 is 7.17. The van der Waals surface area contributed by atoms with Gasteiger partial charge >= 0.3 is 0 Å². The third kappa shape index (κ3) is 4.54. The van der Waals surface area contributed by atoms with Crippen LogP contribution in [0.2, 0.25) is 5.02 Å². The molecular formula is C15H17ClN2O3S2. The zero-order chi connectivity index (χ0) is 17.0. The fraction of sp³-hybridized carbons (Fsp3) is 0.267. The predicted molar refractivity (Wildman–Crippen MR) is 92.2 cm³/mol. The van der Waals surface area contributed by atoms with Gasteiger partial charge in [0.05, 0.1) is 13.0 Å². The first-order valence-electron chi connectivity index (χ1n) is 6.82. The van der Waals surface area contributed by atoms with E-state index in [0.717, 1.165) is 21.8 Å². The van der Waals surface area contributed by atoms with Crippen molar-refractivity contribution < 1.29 is 13.2 Å². The summed E-state index contributed by atoms with van der Waals surface area (Å²) in [5.74, 6) is -0.163. The lowest BCUT2D eigenvalue weighted by Crippen LogP contribution is -2.24. The van der Waals surface area contributed by atoms with Gasteiger partial charge < -0.3 is 5.32 Å². The summed E-state index contributed by atoms with van der Waals surface area (Å²) in [7, 11) is -0.455. The molecule has 0 unspecified atom stereocenters. The molecule has 0 fully saturated rings. The summed E-state index contributed by atoms with van der Waals surface area (Å²) in [5, 5.41) is 3.33. The molecule has 124 valence electrons. The van der Waals surface area contributed by atoms with Crippen molar-refractivity contribution >= 4 is 38.9 Å². The van der Waals surface area contributed by atoms with E-state index >= 15 is 0 Å². The number of amides is 1. The van der Waals surface area contributed by atoms with Gasteiger partial charge in [-0.25, -0.2) is 12.7 Å². The number of hydrogen-bond acceptors (Lipinski definition) is 4. The minimum atomic E-state index is -3.43. The minimum absolute atomic E-state index is 0.163. The lowest BCUT2D eigenvalue weighted by atomic mass is 10.1. The number of carbonyl (C=O) groups excluding carboxylic acids is 1. The van der Waals surface area contributed by atoms with Crippen molar-refractivity contribution in [1.82, 2.24) is 9.62 Å². The second-order valence-corrected chi connectivity index (χ2v) is 9.01. The van der Waals surface area contributed by atoms with E-state index in [4.69, 9.17) is 11.6 Å². The van der Waals surface area contributed by atoms with Crippen LogP contribution in [0.4, 0.5) is 0 Å². The van der Waals surface area contributed by atoms with Crippen molar-refractivity contribution in [3.8, 4) is 0 Å². The molecule has 0 spiro atoms. The van der Waals surface area contributed by atoms with Crippen LogP contribution in [-0.2, 0) is 27.8 Å². The van der Waals surface area contributed by atoms with E-state index in [2.05, 4.69) is 5.32 Å². The van der Waals surface area contributed by atoms with Gasteiger partial charge in [-0.05, 0) is 23.8 Å². The summed E-state index contributed by atoms with van der Waals surface area (Å²) in [4.78, 5) is 12.7. The van der Waals surface area contributed by atoms with Crippen molar-refractivity contribution in [2.75, 3.05) is 14.1 Å². The highest BCUT2D eigenvalue weighted by atomic mass is 35.5. The number of thiophene rings is 1. The van der Waals surface area contributed by atoms with Crippen molar-refractivity contribution in [2.45, 2.75) is 17.2 Å². The van der Waals surface area contributed by atoms with E-state index in [1.54, 1.807) is 24.3 Å². The summed E-state index contributed by atoms with van der Waals surface area (Å²) in [6, 6.07) is 10.4. The Morgan fingerprint density at radius 3 is 2.57 bits per heavy atom. The van der Waals surface area contributed by atoms with Gasteiger partial charge in [0.2, 0.25) is 5.91 Å². The van der Waals surface area contributed by atoms with Gasteiger partial charge in [0.15, 0.2) is 0 Å². The quantitative estimate of drug-likeness (QED) is 0.847. The SMILES string of the molecule is CN(C)S(=O)(=O)c1ccc(CNC(=O)Cc2ccccc2Cl)s1. The largest absolute Gasteiger partial charge is 0.351 e. The Hall–Kier alpha value is -1.41. The van der Waals surface area contributed by atoms with Crippen molar-refractivity contribution in [2.24, 2.45) is 0 Å². The van der Waals surface area contributed by atoms with E-state index in [1.165, 1.54) is 18.4 Å². The van der Waals surface area contributed by atoms with E-state index in [0.29, 0.717) is 5.02 Å². The molecule has 0 aliphatic carbocycles. The Bertz CT molecular complexity index is 801. The number of rotatable bonds is 6. The lowest BCUT2D eigenvalue weighted by molar-refractivity contribution is -0.120. The number of sulfonamides is 1. The second kappa shape index (κ2) is 7.44. The standard InChI is InChI=1S/C15H17ClN2O3S2/c1-18(2)23(20,21)15-8-7-12(22-15)10-17-14(19)9-11-5-3-4-6-13(11)16/h3-8H,9-10H2,1-2H3,(H,17,19). The van der Waals surface area contributed by atoms with E-state index < -0.39 is 10.0 Å². The maximum Gasteiger partial charge on any atom is 0.252 e. The Labute approximate surface area is 144 Å². The average Bonchev–Trinajstić information content (AvgIpc) is 2.97. The number of nitrogens with one attached hydrogen (secondary N) is 1. The summed E-state index contributed by atoms with van der Waals surface area (Å²) in [6.07, 6.45) is 0.188. The van der Waals surface area contributed by atoms with Gasteiger partial charge in [-0.15, -0.1) is 11.3 Å². The first kappa shape index (κ1) is 17.9. The molecule has 1 aromatic heterocycles. The lowest BCUT2D eigenvalue weighted by Gasteiger charge is -2.08. The van der Waals surface area contributed by atoms with Crippen LogP contribution in [0.3, 0.4) is 0 Å². The van der Waals surface area contributed by atoms with Gasteiger partial charge in [-0.2, -0.15) is 0 Å². The third-order valence-corrected chi connectivity index (χ3v) is 6.88. The molecule has 2 aromatic rings. The van der Waals surface area contributed by atoms with Crippen molar-refractivity contribution in [3.05, 3.63) is 51.9 Å². The highest BCUT2D eigenvalue weighted by molar-refractivity contribution is 7.91. The monoisotopic (exact) mass is 372 g/mol. The molecule has 0 radical (unpaired) electrons. The van der Waals surface area contributed by atoms with Crippen molar-refractivity contribution in [3.63, 3.8) is 0 Å². The van der Waals surface area contributed by atoms with Crippen LogP contribution in [-0.4, -0.2) is 32.7 Å². The number of carbonyl (C=O) groups is 1. The second-order valence-electron chi connectivity index (χ2n) is 5.05. The molecule has 0 atom stereocenters. The third-order valence-electron chi connectivity index (χ3n) is 3.14. The molecule has 1 amide bonds. The molecule has 1 heterocycles. The molecule has 1 aromatic carbocycles. The van der Waals surface area contributed by atoms with Gasteiger partial charge in [-0.3, -0.25) is 4.79 Å². The zero-order valence-electron chi connectivity index (χ0n) is 12.7. The molecule has 8 heteroatoms. The van der Waals surface area contributed by atoms with E-state index in [1.807, 2.05) is 12.1 Å². The number of halogens is 1. The zero-order valence-corrected chi connectivity index (χ0v) is 15.1. The van der Waals surface area contributed by atoms with E-state index in [-0.39, 0.29) is 23.1 Å². The molecule has 0 saturated carbocycles. The van der Waals surface area contributed by atoms with Gasteiger partial charge in [0.1, 0.15) is 4.21 Å². The maximum atomic E-state index is 12.0.